The Kier molecular flexibility index (Phi) is 6.80. The number of nitrogens with two attached hydrogens (primary N) is 1. The van der Waals surface area contributed by atoms with Crippen LogP contribution in [0.5, 0.6) is 5.88 Å². The predicted molar refractivity (Wildman–Crippen MR) is 128 cm³/mol. The monoisotopic (exact) mass is 538 g/mol. The number of hydrogen-bond acceptors (Lipinski definition) is 7. The van der Waals surface area contributed by atoms with Crippen LogP contribution in [-0.2, 0) is 6.18 Å². The second-order valence-electron chi connectivity index (χ2n) is 9.81. The SMILES string of the molecule is COc1ncc(-c2cc(C(F)(F)F)c3c(N)ncnn23)cc1C(=O)NC1CN(C(=O)NC(C)(C)C)C[C@@H]1F. The molecule has 0 aromatic carbocycles. The number of rotatable bonds is 4. The highest BCUT2D eigenvalue weighted by Gasteiger charge is 2.39. The summed E-state index contributed by atoms with van der Waals surface area (Å²) in [6, 6.07) is 0.583. The van der Waals surface area contributed by atoms with Crippen molar-refractivity contribution in [3.63, 3.8) is 0 Å². The Morgan fingerprint density at radius 3 is 2.50 bits per heavy atom. The van der Waals surface area contributed by atoms with Gasteiger partial charge in [0.05, 0.1) is 31.0 Å². The molecule has 0 spiro atoms. The van der Waals surface area contributed by atoms with Gasteiger partial charge in [-0.25, -0.2) is 23.7 Å². The van der Waals surface area contributed by atoms with E-state index in [1.807, 2.05) is 0 Å². The number of nitrogens with zero attached hydrogens (tertiary/aromatic N) is 5. The number of aromatic nitrogens is 4. The Morgan fingerprint density at radius 2 is 1.87 bits per heavy atom. The molecular weight excluding hydrogens is 512 g/mol. The lowest BCUT2D eigenvalue weighted by Crippen LogP contribution is -2.48. The fourth-order valence-corrected chi connectivity index (χ4v) is 4.12. The Morgan fingerprint density at radius 1 is 1.16 bits per heavy atom. The van der Waals surface area contributed by atoms with Crippen LogP contribution in [0, 0.1) is 0 Å². The van der Waals surface area contributed by atoms with Gasteiger partial charge < -0.3 is 26.0 Å². The van der Waals surface area contributed by atoms with Crippen LogP contribution in [0.2, 0.25) is 0 Å². The predicted octanol–water partition coefficient (Wildman–Crippen LogP) is 2.66. The number of methoxy groups -OCH3 is 1. The number of anilines is 1. The molecule has 3 amide bonds. The van der Waals surface area contributed by atoms with E-state index < -0.39 is 46.9 Å². The van der Waals surface area contributed by atoms with E-state index in [1.54, 1.807) is 20.8 Å². The number of pyridine rings is 1. The van der Waals surface area contributed by atoms with Crippen molar-refractivity contribution in [2.45, 2.75) is 44.7 Å². The van der Waals surface area contributed by atoms with Gasteiger partial charge in [-0.15, -0.1) is 0 Å². The summed E-state index contributed by atoms with van der Waals surface area (Å²) in [6.45, 7) is 5.04. The molecule has 4 rings (SSSR count). The second kappa shape index (κ2) is 9.61. The number of fused-ring (bicyclic) bond motifs is 1. The zero-order chi connectivity index (χ0) is 28.0. The number of amides is 3. The molecule has 0 aliphatic carbocycles. The van der Waals surface area contributed by atoms with Crippen molar-refractivity contribution < 1.29 is 31.9 Å². The molecule has 3 aromatic rings. The van der Waals surface area contributed by atoms with Crippen LogP contribution in [0.3, 0.4) is 0 Å². The molecule has 0 saturated carbocycles. The summed E-state index contributed by atoms with van der Waals surface area (Å²) in [6.07, 6.45) is -4.09. The molecule has 1 unspecified atom stereocenters. The summed E-state index contributed by atoms with van der Waals surface area (Å²) in [5.74, 6) is -1.30. The fourth-order valence-electron chi connectivity index (χ4n) is 4.12. The van der Waals surface area contributed by atoms with Crippen LogP contribution in [0.15, 0.2) is 24.7 Å². The van der Waals surface area contributed by atoms with Crippen molar-refractivity contribution in [2.75, 3.05) is 25.9 Å². The van der Waals surface area contributed by atoms with Crippen molar-refractivity contribution in [2.24, 2.45) is 0 Å². The van der Waals surface area contributed by atoms with Gasteiger partial charge in [0.2, 0.25) is 5.88 Å². The van der Waals surface area contributed by atoms with E-state index >= 15 is 0 Å². The van der Waals surface area contributed by atoms with Crippen molar-refractivity contribution in [3.8, 4) is 17.1 Å². The van der Waals surface area contributed by atoms with Gasteiger partial charge in [-0.1, -0.05) is 0 Å². The summed E-state index contributed by atoms with van der Waals surface area (Å²) >= 11 is 0. The average Bonchev–Trinajstić information content (AvgIpc) is 3.39. The maximum atomic E-state index is 14.7. The summed E-state index contributed by atoms with van der Waals surface area (Å²) in [5.41, 5.74) is 3.54. The standard InChI is InChI=1S/C23H26F4N8O3/c1-22(2,3)33-21(37)34-8-14(24)15(9-34)32-19(36)12-5-11(7-29-20(12)38-4)16-6-13(23(25,26)27)17-18(28)30-10-31-35(16)17/h5-7,10,14-15H,8-9H2,1-4H3,(H,32,36)(H,33,37)(H2,28,30,31)/t14-,15?/m0/s1. The summed E-state index contributed by atoms with van der Waals surface area (Å²) < 4.78 is 62.0. The number of hydrogen-bond donors (Lipinski definition) is 3. The number of carbonyl (C=O) groups is 2. The minimum Gasteiger partial charge on any atom is -0.480 e. The van der Waals surface area contributed by atoms with E-state index in [-0.39, 0.29) is 41.6 Å². The first-order valence-electron chi connectivity index (χ1n) is 11.5. The van der Waals surface area contributed by atoms with Crippen LogP contribution in [0.4, 0.5) is 28.2 Å². The lowest BCUT2D eigenvalue weighted by molar-refractivity contribution is -0.136. The van der Waals surface area contributed by atoms with Gasteiger partial charge in [0.1, 0.15) is 23.6 Å². The van der Waals surface area contributed by atoms with Crippen molar-refractivity contribution in [1.29, 1.82) is 0 Å². The number of nitrogen functional groups attached to an aromatic ring is 1. The van der Waals surface area contributed by atoms with Gasteiger partial charge in [-0.2, -0.15) is 18.3 Å². The van der Waals surface area contributed by atoms with Crippen molar-refractivity contribution in [1.82, 2.24) is 35.1 Å². The van der Waals surface area contributed by atoms with Gasteiger partial charge in [0, 0.05) is 23.8 Å². The molecule has 1 aliphatic rings. The highest BCUT2D eigenvalue weighted by Crippen LogP contribution is 2.39. The zero-order valence-corrected chi connectivity index (χ0v) is 20.9. The van der Waals surface area contributed by atoms with E-state index in [0.29, 0.717) is 0 Å². The van der Waals surface area contributed by atoms with Crippen molar-refractivity contribution in [3.05, 3.63) is 35.8 Å². The lowest BCUT2D eigenvalue weighted by atomic mass is 10.1. The topological polar surface area (TPSA) is 140 Å². The molecule has 3 aromatic heterocycles. The average molecular weight is 539 g/mol. The zero-order valence-electron chi connectivity index (χ0n) is 20.9. The van der Waals surface area contributed by atoms with E-state index in [1.165, 1.54) is 24.3 Å². The van der Waals surface area contributed by atoms with Crippen LogP contribution < -0.4 is 21.1 Å². The molecule has 0 bridgehead atoms. The lowest BCUT2D eigenvalue weighted by Gasteiger charge is -2.25. The highest BCUT2D eigenvalue weighted by atomic mass is 19.4. The van der Waals surface area contributed by atoms with Crippen LogP contribution in [0.25, 0.3) is 16.8 Å². The first-order valence-corrected chi connectivity index (χ1v) is 11.5. The minimum absolute atomic E-state index is 0.0557. The number of likely N-dealkylation sites (tertiary alicyclic amines) is 1. The molecule has 38 heavy (non-hydrogen) atoms. The van der Waals surface area contributed by atoms with Gasteiger partial charge in [-0.3, -0.25) is 4.79 Å². The molecule has 1 saturated heterocycles. The molecule has 11 nitrogen and oxygen atoms in total. The molecule has 2 atom stereocenters. The Bertz CT molecular complexity index is 1390. The quantitative estimate of drug-likeness (QED) is 0.434. The van der Waals surface area contributed by atoms with E-state index in [4.69, 9.17) is 10.5 Å². The summed E-state index contributed by atoms with van der Waals surface area (Å²) in [4.78, 5) is 34.5. The third-order valence-electron chi connectivity index (χ3n) is 5.81. The molecular formula is C23H26F4N8O3. The van der Waals surface area contributed by atoms with E-state index in [2.05, 4.69) is 25.7 Å². The van der Waals surface area contributed by atoms with Gasteiger partial charge in [0.15, 0.2) is 5.82 Å². The first-order chi connectivity index (χ1) is 17.7. The number of nitrogens with one attached hydrogen (secondary N) is 2. The third-order valence-corrected chi connectivity index (χ3v) is 5.81. The van der Waals surface area contributed by atoms with Crippen molar-refractivity contribution >= 4 is 23.3 Å². The number of halogens is 4. The third kappa shape index (κ3) is 5.26. The number of urea groups is 1. The maximum Gasteiger partial charge on any atom is 0.418 e. The van der Waals surface area contributed by atoms with Crippen LogP contribution >= 0.6 is 0 Å². The molecule has 4 heterocycles. The molecule has 15 heteroatoms. The van der Waals surface area contributed by atoms with Gasteiger partial charge in [0.25, 0.3) is 5.91 Å². The molecule has 204 valence electrons. The smallest absolute Gasteiger partial charge is 0.418 e. The van der Waals surface area contributed by atoms with Gasteiger partial charge in [-0.05, 0) is 32.9 Å². The molecule has 1 aliphatic heterocycles. The Hall–Kier alpha value is -4.17. The number of carbonyl (C=O) groups excluding carboxylic acids is 2. The maximum absolute atomic E-state index is 14.7. The molecule has 4 N–H and O–H groups in total. The van der Waals surface area contributed by atoms with Crippen LogP contribution in [0.1, 0.15) is 36.7 Å². The normalized spacial score (nSPS) is 18.1. The fraction of sp³-hybridized carbons (Fsp3) is 0.435. The van der Waals surface area contributed by atoms with E-state index in [9.17, 15) is 27.2 Å². The van der Waals surface area contributed by atoms with Gasteiger partial charge >= 0.3 is 12.2 Å². The molecule has 1 fully saturated rings. The largest absolute Gasteiger partial charge is 0.480 e. The minimum atomic E-state index is -4.76. The highest BCUT2D eigenvalue weighted by molar-refractivity contribution is 5.98. The Balaban J connectivity index is 1.65. The second-order valence-corrected chi connectivity index (χ2v) is 9.81. The first kappa shape index (κ1) is 26.9. The Labute approximate surface area is 214 Å². The number of ether oxygens (including phenoxy) is 1. The van der Waals surface area contributed by atoms with E-state index in [0.717, 1.165) is 16.9 Å². The van der Waals surface area contributed by atoms with Crippen LogP contribution in [-0.4, -0.2) is 74.4 Å². The summed E-state index contributed by atoms with van der Waals surface area (Å²) in [5, 5.41) is 9.16. The number of alkyl halides is 4. The summed E-state index contributed by atoms with van der Waals surface area (Å²) in [7, 11) is 1.26. The molecule has 0 radical (unpaired) electrons.